The predicted molar refractivity (Wildman–Crippen MR) is 84.3 cm³/mol. The van der Waals surface area contributed by atoms with Crippen LogP contribution >= 0.6 is 0 Å². The number of anilines is 2. The number of aryl methyl sites for hydroxylation is 1. The molecule has 1 aromatic heterocycles. The fraction of sp³-hybridized carbons (Fsp3) is 0.235. The van der Waals surface area contributed by atoms with Crippen LogP contribution in [0.4, 0.5) is 11.5 Å². The lowest BCUT2D eigenvalue weighted by Gasteiger charge is -2.11. The van der Waals surface area contributed by atoms with E-state index in [1.165, 1.54) is 0 Å². The Morgan fingerprint density at radius 3 is 2.55 bits per heavy atom. The van der Waals surface area contributed by atoms with Crippen molar-refractivity contribution in [2.75, 3.05) is 11.9 Å². The zero-order valence-corrected chi connectivity index (χ0v) is 12.6. The summed E-state index contributed by atoms with van der Waals surface area (Å²) in [4.78, 5) is 28.1. The molecule has 5 nitrogen and oxygen atoms in total. The van der Waals surface area contributed by atoms with Gasteiger partial charge in [0.1, 0.15) is 12.2 Å². The van der Waals surface area contributed by atoms with E-state index in [-0.39, 0.29) is 18.8 Å². The van der Waals surface area contributed by atoms with Crippen LogP contribution in [0.3, 0.4) is 0 Å². The summed E-state index contributed by atoms with van der Waals surface area (Å²) in [5, 5.41) is 3.12. The van der Waals surface area contributed by atoms with Crippen molar-refractivity contribution in [1.82, 2.24) is 4.98 Å². The molecule has 0 atom stereocenters. The van der Waals surface area contributed by atoms with Gasteiger partial charge in [-0.2, -0.15) is 0 Å². The normalized spacial score (nSPS) is 10.1. The Morgan fingerprint density at radius 1 is 1.14 bits per heavy atom. The van der Waals surface area contributed by atoms with Gasteiger partial charge in [-0.05, 0) is 38.1 Å². The molecule has 1 heterocycles. The number of rotatable bonds is 6. The second-order valence-electron chi connectivity index (χ2n) is 4.74. The smallest absolute Gasteiger partial charge is 0.313 e. The molecule has 22 heavy (non-hydrogen) atoms. The van der Waals surface area contributed by atoms with Crippen LogP contribution in [0.1, 0.15) is 29.4 Å². The van der Waals surface area contributed by atoms with Crippen LogP contribution in [-0.2, 0) is 9.53 Å². The van der Waals surface area contributed by atoms with Crippen molar-refractivity contribution < 1.29 is 14.3 Å². The molecular formula is C17H18N2O3. The third-order valence-electron chi connectivity index (χ3n) is 2.98. The molecule has 0 unspecified atom stereocenters. The van der Waals surface area contributed by atoms with Gasteiger partial charge in [-0.15, -0.1) is 0 Å². The number of carbonyl (C=O) groups is 2. The van der Waals surface area contributed by atoms with Crippen molar-refractivity contribution in [2.45, 2.75) is 20.3 Å². The summed E-state index contributed by atoms with van der Waals surface area (Å²) in [7, 11) is 0. The molecular weight excluding hydrogens is 280 g/mol. The standard InChI is InChI=1S/C17H18N2O3/c1-3-22-16(21)11-15(20)14-10-9-12(2)18-17(14)19-13-7-5-4-6-8-13/h4-10H,3,11H2,1-2H3,(H,18,19). The first-order chi connectivity index (χ1) is 10.6. The van der Waals surface area contributed by atoms with Crippen LogP contribution < -0.4 is 5.32 Å². The van der Waals surface area contributed by atoms with Gasteiger partial charge in [0.05, 0.1) is 12.2 Å². The largest absolute Gasteiger partial charge is 0.466 e. The summed E-state index contributed by atoms with van der Waals surface area (Å²) in [6.45, 7) is 3.81. The zero-order valence-electron chi connectivity index (χ0n) is 12.6. The molecule has 1 N–H and O–H groups in total. The minimum Gasteiger partial charge on any atom is -0.466 e. The van der Waals surface area contributed by atoms with Crippen molar-refractivity contribution >= 4 is 23.3 Å². The molecule has 5 heteroatoms. The number of esters is 1. The molecule has 0 saturated carbocycles. The average Bonchev–Trinajstić information content (AvgIpc) is 2.48. The van der Waals surface area contributed by atoms with E-state index >= 15 is 0 Å². The maximum absolute atomic E-state index is 12.3. The van der Waals surface area contributed by atoms with Crippen LogP contribution in [0.25, 0.3) is 0 Å². The molecule has 0 aliphatic carbocycles. The van der Waals surface area contributed by atoms with E-state index in [1.807, 2.05) is 37.3 Å². The lowest BCUT2D eigenvalue weighted by atomic mass is 10.1. The maximum Gasteiger partial charge on any atom is 0.313 e. The van der Waals surface area contributed by atoms with E-state index in [2.05, 4.69) is 10.3 Å². The van der Waals surface area contributed by atoms with Crippen LogP contribution in [0.5, 0.6) is 0 Å². The fourth-order valence-corrected chi connectivity index (χ4v) is 1.97. The number of hydrogen-bond acceptors (Lipinski definition) is 5. The van der Waals surface area contributed by atoms with Crippen LogP contribution in [-0.4, -0.2) is 23.3 Å². The molecule has 0 aliphatic rings. The number of para-hydroxylation sites is 1. The molecule has 0 radical (unpaired) electrons. The highest BCUT2D eigenvalue weighted by atomic mass is 16.5. The summed E-state index contributed by atoms with van der Waals surface area (Å²) < 4.78 is 4.82. The molecule has 2 rings (SSSR count). The highest BCUT2D eigenvalue weighted by molar-refractivity contribution is 6.08. The van der Waals surface area contributed by atoms with Gasteiger partial charge in [-0.1, -0.05) is 18.2 Å². The second-order valence-corrected chi connectivity index (χ2v) is 4.74. The SMILES string of the molecule is CCOC(=O)CC(=O)c1ccc(C)nc1Nc1ccccc1. The van der Waals surface area contributed by atoms with E-state index in [9.17, 15) is 9.59 Å². The van der Waals surface area contributed by atoms with Gasteiger partial charge < -0.3 is 10.1 Å². The van der Waals surface area contributed by atoms with Gasteiger partial charge in [-0.3, -0.25) is 9.59 Å². The molecule has 0 fully saturated rings. The minimum atomic E-state index is -0.529. The van der Waals surface area contributed by atoms with Crippen molar-refractivity contribution in [2.24, 2.45) is 0 Å². The Balaban J connectivity index is 2.24. The van der Waals surface area contributed by atoms with Gasteiger partial charge in [0, 0.05) is 11.4 Å². The van der Waals surface area contributed by atoms with Crippen molar-refractivity contribution in [3.63, 3.8) is 0 Å². The number of pyridine rings is 1. The number of nitrogens with one attached hydrogen (secondary N) is 1. The van der Waals surface area contributed by atoms with Crippen LogP contribution in [0.15, 0.2) is 42.5 Å². The van der Waals surface area contributed by atoms with Gasteiger partial charge in [0.15, 0.2) is 5.78 Å². The molecule has 0 spiro atoms. The Labute approximate surface area is 129 Å². The highest BCUT2D eigenvalue weighted by Crippen LogP contribution is 2.20. The van der Waals surface area contributed by atoms with E-state index in [4.69, 9.17) is 4.74 Å². The topological polar surface area (TPSA) is 68.3 Å². The van der Waals surface area contributed by atoms with E-state index < -0.39 is 5.97 Å². The number of ketones is 1. The first kappa shape index (κ1) is 15.7. The summed E-state index contributed by atoms with van der Waals surface area (Å²) in [5.41, 5.74) is 1.99. The Bertz CT molecular complexity index is 669. The molecule has 114 valence electrons. The van der Waals surface area contributed by atoms with E-state index in [0.29, 0.717) is 11.4 Å². The molecule has 0 saturated heterocycles. The number of Topliss-reactive ketones (excluding diaryl/α,β-unsaturated/α-hetero) is 1. The van der Waals surface area contributed by atoms with Gasteiger partial charge in [0.2, 0.25) is 0 Å². The summed E-state index contributed by atoms with van der Waals surface area (Å²) >= 11 is 0. The van der Waals surface area contributed by atoms with Gasteiger partial charge in [-0.25, -0.2) is 4.98 Å². The third kappa shape index (κ3) is 4.15. The van der Waals surface area contributed by atoms with Crippen LogP contribution in [0, 0.1) is 6.92 Å². The molecule has 0 aliphatic heterocycles. The number of benzene rings is 1. The number of aromatic nitrogens is 1. The number of carbonyl (C=O) groups excluding carboxylic acids is 2. The lowest BCUT2D eigenvalue weighted by Crippen LogP contribution is -2.13. The zero-order chi connectivity index (χ0) is 15.9. The van der Waals surface area contributed by atoms with E-state index in [0.717, 1.165) is 11.4 Å². The molecule has 0 bridgehead atoms. The van der Waals surface area contributed by atoms with Crippen molar-refractivity contribution in [3.8, 4) is 0 Å². The average molecular weight is 298 g/mol. The lowest BCUT2D eigenvalue weighted by molar-refractivity contribution is -0.141. The summed E-state index contributed by atoms with van der Waals surface area (Å²) in [6.07, 6.45) is -0.290. The minimum absolute atomic E-state index is 0.257. The third-order valence-corrected chi connectivity index (χ3v) is 2.98. The molecule has 1 aromatic carbocycles. The van der Waals surface area contributed by atoms with Crippen molar-refractivity contribution in [3.05, 3.63) is 53.7 Å². The highest BCUT2D eigenvalue weighted by Gasteiger charge is 2.17. The quantitative estimate of drug-likeness (QED) is 0.503. The Morgan fingerprint density at radius 2 is 1.86 bits per heavy atom. The van der Waals surface area contributed by atoms with Crippen molar-refractivity contribution in [1.29, 1.82) is 0 Å². The van der Waals surface area contributed by atoms with Gasteiger partial charge >= 0.3 is 5.97 Å². The van der Waals surface area contributed by atoms with Crippen LogP contribution in [0.2, 0.25) is 0 Å². The number of nitrogens with zero attached hydrogens (tertiary/aromatic N) is 1. The first-order valence-electron chi connectivity index (χ1n) is 7.08. The number of ether oxygens (including phenoxy) is 1. The Kier molecular flexibility index (Phi) is 5.25. The monoisotopic (exact) mass is 298 g/mol. The Hall–Kier alpha value is -2.69. The van der Waals surface area contributed by atoms with E-state index in [1.54, 1.807) is 19.1 Å². The summed E-state index contributed by atoms with van der Waals surface area (Å²) in [5.74, 6) is -0.399. The molecule has 2 aromatic rings. The predicted octanol–water partition coefficient (Wildman–Crippen LogP) is 3.27. The second kappa shape index (κ2) is 7.36. The maximum atomic E-state index is 12.3. The molecule has 0 amide bonds. The number of hydrogen-bond donors (Lipinski definition) is 1. The first-order valence-corrected chi connectivity index (χ1v) is 7.08. The summed E-state index contributed by atoms with van der Waals surface area (Å²) in [6, 6.07) is 12.9. The van der Waals surface area contributed by atoms with Gasteiger partial charge in [0.25, 0.3) is 0 Å². The fourth-order valence-electron chi connectivity index (χ4n) is 1.97.